The summed E-state index contributed by atoms with van der Waals surface area (Å²) in [5.41, 5.74) is 0.679. The van der Waals surface area contributed by atoms with E-state index in [-0.39, 0.29) is 24.0 Å². The van der Waals surface area contributed by atoms with Gasteiger partial charge in [-0.05, 0) is 25.0 Å². The fraction of sp³-hybridized carbons (Fsp3) is 0.364. The number of pyridine rings is 1. The van der Waals surface area contributed by atoms with Gasteiger partial charge in [-0.2, -0.15) is 0 Å². The number of amides is 1. The van der Waals surface area contributed by atoms with Crippen molar-refractivity contribution in [2.75, 3.05) is 5.32 Å². The Morgan fingerprint density at radius 1 is 1.33 bits per heavy atom. The van der Waals surface area contributed by atoms with Crippen molar-refractivity contribution in [2.24, 2.45) is 5.92 Å². The number of carbonyl (C=O) groups excluding carboxylic acids is 2. The second kappa shape index (κ2) is 4.21. The predicted molar refractivity (Wildman–Crippen MR) is 55.2 cm³/mol. The van der Waals surface area contributed by atoms with Gasteiger partial charge in [0.05, 0.1) is 6.42 Å². The van der Waals surface area contributed by atoms with E-state index in [4.69, 9.17) is 0 Å². The summed E-state index contributed by atoms with van der Waals surface area (Å²) in [4.78, 5) is 26.6. The molecule has 78 valence electrons. The number of rotatable bonds is 4. The van der Waals surface area contributed by atoms with E-state index in [1.54, 1.807) is 24.5 Å². The highest BCUT2D eigenvalue weighted by molar-refractivity contribution is 6.05. The van der Waals surface area contributed by atoms with Gasteiger partial charge in [-0.15, -0.1) is 0 Å². The molecule has 1 saturated carbocycles. The third-order valence-corrected chi connectivity index (χ3v) is 2.33. The molecule has 0 unspecified atom stereocenters. The standard InChI is InChI=1S/C11H12N2O2/c14-10(8-1-2-8)7-11(15)13-9-3-5-12-6-4-9/h3-6,8H,1-2,7H2,(H,12,13,15). The van der Waals surface area contributed by atoms with Crippen LogP contribution in [0.3, 0.4) is 0 Å². The van der Waals surface area contributed by atoms with Gasteiger partial charge in [0, 0.05) is 24.0 Å². The number of aromatic nitrogens is 1. The van der Waals surface area contributed by atoms with Gasteiger partial charge in [-0.25, -0.2) is 0 Å². The Kier molecular flexibility index (Phi) is 2.76. The largest absolute Gasteiger partial charge is 0.326 e. The normalized spacial score (nSPS) is 14.7. The van der Waals surface area contributed by atoms with Crippen molar-refractivity contribution in [1.82, 2.24) is 4.98 Å². The Morgan fingerprint density at radius 2 is 2.00 bits per heavy atom. The fourth-order valence-corrected chi connectivity index (χ4v) is 1.35. The van der Waals surface area contributed by atoms with Crippen LogP contribution in [-0.2, 0) is 9.59 Å². The zero-order valence-electron chi connectivity index (χ0n) is 8.27. The fourth-order valence-electron chi connectivity index (χ4n) is 1.35. The summed E-state index contributed by atoms with van der Waals surface area (Å²) < 4.78 is 0. The second-order valence-electron chi connectivity index (χ2n) is 3.70. The molecular weight excluding hydrogens is 192 g/mol. The van der Waals surface area contributed by atoms with Gasteiger partial charge in [0.15, 0.2) is 0 Å². The highest BCUT2D eigenvalue weighted by Crippen LogP contribution is 2.30. The highest BCUT2D eigenvalue weighted by atomic mass is 16.2. The SMILES string of the molecule is O=C(CC(=O)C1CC1)Nc1ccncc1. The maximum atomic E-state index is 11.4. The van der Waals surface area contributed by atoms with Crippen LogP contribution in [0.5, 0.6) is 0 Å². The quantitative estimate of drug-likeness (QED) is 0.754. The second-order valence-corrected chi connectivity index (χ2v) is 3.70. The van der Waals surface area contributed by atoms with E-state index >= 15 is 0 Å². The number of nitrogens with one attached hydrogen (secondary N) is 1. The van der Waals surface area contributed by atoms with Crippen molar-refractivity contribution >= 4 is 17.4 Å². The van der Waals surface area contributed by atoms with Crippen molar-refractivity contribution in [3.05, 3.63) is 24.5 Å². The smallest absolute Gasteiger partial charge is 0.231 e. The molecule has 0 bridgehead atoms. The predicted octanol–water partition coefficient (Wildman–Crippen LogP) is 1.39. The molecule has 0 aliphatic heterocycles. The molecule has 1 amide bonds. The maximum Gasteiger partial charge on any atom is 0.231 e. The van der Waals surface area contributed by atoms with Gasteiger partial charge in [0.2, 0.25) is 5.91 Å². The summed E-state index contributed by atoms with van der Waals surface area (Å²) >= 11 is 0. The minimum absolute atomic E-state index is 0.00695. The lowest BCUT2D eigenvalue weighted by Gasteiger charge is -2.03. The van der Waals surface area contributed by atoms with Crippen molar-refractivity contribution < 1.29 is 9.59 Å². The van der Waals surface area contributed by atoms with E-state index in [0.717, 1.165) is 12.8 Å². The summed E-state index contributed by atoms with van der Waals surface area (Å²) in [6.07, 6.45) is 5.08. The van der Waals surface area contributed by atoms with Crippen LogP contribution in [0.4, 0.5) is 5.69 Å². The molecule has 1 heterocycles. The number of hydrogen-bond donors (Lipinski definition) is 1. The lowest BCUT2D eigenvalue weighted by Crippen LogP contribution is -2.17. The molecule has 0 spiro atoms. The molecule has 0 radical (unpaired) electrons. The first-order valence-electron chi connectivity index (χ1n) is 4.98. The van der Waals surface area contributed by atoms with Crippen molar-refractivity contribution in [1.29, 1.82) is 0 Å². The van der Waals surface area contributed by atoms with E-state index in [2.05, 4.69) is 10.3 Å². The molecule has 0 atom stereocenters. The molecule has 2 rings (SSSR count). The highest BCUT2D eigenvalue weighted by Gasteiger charge is 2.30. The third kappa shape index (κ3) is 2.87. The molecule has 1 aliphatic carbocycles. The monoisotopic (exact) mass is 204 g/mol. The Bertz CT molecular complexity index is 371. The molecule has 0 aromatic carbocycles. The third-order valence-electron chi connectivity index (χ3n) is 2.33. The zero-order chi connectivity index (χ0) is 10.7. The molecule has 0 saturated heterocycles. The molecule has 1 aromatic heterocycles. The zero-order valence-corrected chi connectivity index (χ0v) is 8.27. The summed E-state index contributed by atoms with van der Waals surface area (Å²) in [7, 11) is 0. The van der Waals surface area contributed by atoms with Crippen molar-refractivity contribution in [3.8, 4) is 0 Å². The minimum Gasteiger partial charge on any atom is -0.326 e. The first kappa shape index (κ1) is 9.83. The molecular formula is C11H12N2O2. The van der Waals surface area contributed by atoms with E-state index in [1.807, 2.05) is 0 Å². The Hall–Kier alpha value is -1.71. The molecule has 1 N–H and O–H groups in total. The van der Waals surface area contributed by atoms with Gasteiger partial charge in [-0.1, -0.05) is 0 Å². The number of nitrogens with zero attached hydrogens (tertiary/aromatic N) is 1. The van der Waals surface area contributed by atoms with Gasteiger partial charge >= 0.3 is 0 Å². The summed E-state index contributed by atoms with van der Waals surface area (Å²) in [5.74, 6) is -0.0344. The molecule has 4 heteroatoms. The van der Waals surface area contributed by atoms with Gasteiger partial charge in [0.25, 0.3) is 0 Å². The average Bonchev–Trinajstić information content (AvgIpc) is 3.01. The molecule has 4 nitrogen and oxygen atoms in total. The summed E-state index contributed by atoms with van der Waals surface area (Å²) in [6.45, 7) is 0. The number of Topliss-reactive ketones (excluding diaryl/α,β-unsaturated/α-hetero) is 1. The number of carbonyl (C=O) groups is 2. The first-order valence-corrected chi connectivity index (χ1v) is 4.98. The number of ketones is 1. The van der Waals surface area contributed by atoms with Crippen LogP contribution in [-0.4, -0.2) is 16.7 Å². The molecule has 15 heavy (non-hydrogen) atoms. The van der Waals surface area contributed by atoms with Crippen LogP contribution in [0.25, 0.3) is 0 Å². The number of hydrogen-bond acceptors (Lipinski definition) is 3. The summed E-state index contributed by atoms with van der Waals surface area (Å²) in [5, 5.41) is 2.66. The minimum atomic E-state index is -0.238. The van der Waals surface area contributed by atoms with Crippen LogP contribution in [0.15, 0.2) is 24.5 Å². The van der Waals surface area contributed by atoms with E-state index < -0.39 is 0 Å². The molecule has 1 fully saturated rings. The molecule has 1 aliphatic rings. The lowest BCUT2D eigenvalue weighted by atomic mass is 10.2. The Labute approximate surface area is 87.7 Å². The Morgan fingerprint density at radius 3 is 2.60 bits per heavy atom. The topological polar surface area (TPSA) is 59.1 Å². The van der Waals surface area contributed by atoms with Crippen molar-refractivity contribution in [2.45, 2.75) is 19.3 Å². The van der Waals surface area contributed by atoms with Gasteiger partial charge in [-0.3, -0.25) is 14.6 Å². The van der Waals surface area contributed by atoms with Crippen molar-refractivity contribution in [3.63, 3.8) is 0 Å². The van der Waals surface area contributed by atoms with Gasteiger partial charge < -0.3 is 5.32 Å². The van der Waals surface area contributed by atoms with Crippen LogP contribution < -0.4 is 5.32 Å². The lowest BCUT2D eigenvalue weighted by molar-refractivity contribution is -0.126. The first-order chi connectivity index (χ1) is 7.25. The summed E-state index contributed by atoms with van der Waals surface area (Å²) in [6, 6.07) is 3.39. The van der Waals surface area contributed by atoms with Crippen LogP contribution >= 0.6 is 0 Å². The van der Waals surface area contributed by atoms with Crippen LogP contribution in [0, 0.1) is 5.92 Å². The average molecular weight is 204 g/mol. The number of anilines is 1. The molecule has 1 aromatic rings. The van der Waals surface area contributed by atoms with Crippen LogP contribution in [0.2, 0.25) is 0 Å². The maximum absolute atomic E-state index is 11.4. The van der Waals surface area contributed by atoms with E-state index in [9.17, 15) is 9.59 Å². The van der Waals surface area contributed by atoms with E-state index in [0.29, 0.717) is 5.69 Å². The van der Waals surface area contributed by atoms with E-state index in [1.165, 1.54) is 0 Å². The van der Waals surface area contributed by atoms with Crippen LogP contribution in [0.1, 0.15) is 19.3 Å². The Balaban J connectivity index is 1.84. The van der Waals surface area contributed by atoms with Gasteiger partial charge in [0.1, 0.15) is 5.78 Å².